The van der Waals surface area contributed by atoms with Gasteiger partial charge in [-0.05, 0) is 38.9 Å². The molecule has 2 saturated heterocycles. The molecule has 0 aromatic carbocycles. The fourth-order valence-electron chi connectivity index (χ4n) is 3.88. The van der Waals surface area contributed by atoms with Gasteiger partial charge in [0.25, 0.3) is 0 Å². The van der Waals surface area contributed by atoms with E-state index in [9.17, 15) is 4.79 Å². The lowest BCUT2D eigenvalue weighted by atomic mass is 10.0. The van der Waals surface area contributed by atoms with E-state index in [1.807, 2.05) is 4.90 Å². The molecule has 2 aliphatic heterocycles. The number of piperazine rings is 1. The zero-order valence-electron chi connectivity index (χ0n) is 14.8. The van der Waals surface area contributed by atoms with Crippen molar-refractivity contribution in [3.63, 3.8) is 0 Å². The Morgan fingerprint density at radius 1 is 1.08 bits per heavy atom. The number of nitrogens with zero attached hydrogens (tertiary/aromatic N) is 6. The van der Waals surface area contributed by atoms with Gasteiger partial charge in [0.1, 0.15) is 12.7 Å². The highest BCUT2D eigenvalue weighted by molar-refractivity contribution is 5.76. The van der Waals surface area contributed by atoms with Crippen molar-refractivity contribution in [1.29, 1.82) is 0 Å². The SMILES string of the molecule is CCCN1CCC(N2CCN(C(=O)CCn3cncn3)CC2)CC1. The standard InChI is InChI=1S/C17H30N6O/c1-2-6-20-7-3-16(4-8-20)21-10-12-22(13-11-21)17(24)5-9-23-15-18-14-19-23/h14-16H,2-13H2,1H3. The van der Waals surface area contributed by atoms with Crippen molar-refractivity contribution in [3.8, 4) is 0 Å². The van der Waals surface area contributed by atoms with Gasteiger partial charge in [0.05, 0.1) is 6.54 Å². The number of amides is 1. The Bertz CT molecular complexity index is 489. The number of piperidine rings is 1. The number of likely N-dealkylation sites (tertiary alicyclic amines) is 1. The average molecular weight is 334 g/mol. The highest BCUT2D eigenvalue weighted by Crippen LogP contribution is 2.18. The summed E-state index contributed by atoms with van der Waals surface area (Å²) in [7, 11) is 0. The molecular weight excluding hydrogens is 304 g/mol. The number of hydrogen-bond acceptors (Lipinski definition) is 5. The number of aromatic nitrogens is 3. The van der Waals surface area contributed by atoms with E-state index in [-0.39, 0.29) is 5.91 Å². The van der Waals surface area contributed by atoms with E-state index in [2.05, 4.69) is 26.8 Å². The molecule has 3 rings (SSSR count). The molecule has 0 atom stereocenters. The highest BCUT2D eigenvalue weighted by Gasteiger charge is 2.28. The Morgan fingerprint density at radius 2 is 1.83 bits per heavy atom. The maximum atomic E-state index is 12.3. The molecule has 7 nitrogen and oxygen atoms in total. The summed E-state index contributed by atoms with van der Waals surface area (Å²) in [6.45, 7) is 10.4. The van der Waals surface area contributed by atoms with Gasteiger partial charge >= 0.3 is 0 Å². The summed E-state index contributed by atoms with van der Waals surface area (Å²) >= 11 is 0. The van der Waals surface area contributed by atoms with Gasteiger partial charge in [-0.25, -0.2) is 4.98 Å². The smallest absolute Gasteiger partial charge is 0.224 e. The van der Waals surface area contributed by atoms with E-state index >= 15 is 0 Å². The van der Waals surface area contributed by atoms with Crippen LogP contribution in [0.15, 0.2) is 12.7 Å². The van der Waals surface area contributed by atoms with E-state index in [4.69, 9.17) is 0 Å². The van der Waals surface area contributed by atoms with Gasteiger partial charge in [-0.2, -0.15) is 5.10 Å². The van der Waals surface area contributed by atoms with Crippen LogP contribution in [-0.4, -0.2) is 87.2 Å². The fourth-order valence-corrected chi connectivity index (χ4v) is 3.88. The molecular formula is C17H30N6O. The van der Waals surface area contributed by atoms with E-state index < -0.39 is 0 Å². The van der Waals surface area contributed by atoms with Crippen LogP contribution in [0, 0.1) is 0 Å². The summed E-state index contributed by atoms with van der Waals surface area (Å²) < 4.78 is 1.72. The van der Waals surface area contributed by atoms with Crippen LogP contribution < -0.4 is 0 Å². The molecule has 0 unspecified atom stereocenters. The van der Waals surface area contributed by atoms with Gasteiger partial charge in [-0.15, -0.1) is 0 Å². The van der Waals surface area contributed by atoms with E-state index in [0.717, 1.165) is 26.2 Å². The molecule has 3 heterocycles. The number of hydrogen-bond donors (Lipinski definition) is 0. The van der Waals surface area contributed by atoms with Crippen LogP contribution in [0.3, 0.4) is 0 Å². The van der Waals surface area contributed by atoms with Crippen LogP contribution in [0.4, 0.5) is 0 Å². The highest BCUT2D eigenvalue weighted by atomic mass is 16.2. The van der Waals surface area contributed by atoms with Crippen molar-refractivity contribution in [2.75, 3.05) is 45.8 Å². The minimum atomic E-state index is 0.239. The van der Waals surface area contributed by atoms with Crippen LogP contribution in [0.1, 0.15) is 32.6 Å². The number of carbonyl (C=O) groups is 1. The summed E-state index contributed by atoms with van der Waals surface area (Å²) in [5.41, 5.74) is 0. The number of carbonyl (C=O) groups excluding carboxylic acids is 1. The van der Waals surface area contributed by atoms with Crippen LogP contribution in [0.25, 0.3) is 0 Å². The predicted molar refractivity (Wildman–Crippen MR) is 92.5 cm³/mol. The lowest BCUT2D eigenvalue weighted by Gasteiger charge is -2.42. The summed E-state index contributed by atoms with van der Waals surface area (Å²) in [6, 6.07) is 0.713. The molecule has 0 N–H and O–H groups in total. The minimum absolute atomic E-state index is 0.239. The van der Waals surface area contributed by atoms with Crippen molar-refractivity contribution in [2.45, 2.75) is 45.2 Å². The second-order valence-electron chi connectivity index (χ2n) is 6.90. The molecule has 2 fully saturated rings. The molecule has 0 saturated carbocycles. The Morgan fingerprint density at radius 3 is 2.46 bits per heavy atom. The van der Waals surface area contributed by atoms with Gasteiger partial charge in [-0.1, -0.05) is 6.92 Å². The zero-order chi connectivity index (χ0) is 16.8. The van der Waals surface area contributed by atoms with Gasteiger partial charge in [0.2, 0.25) is 5.91 Å². The molecule has 0 bridgehead atoms. The minimum Gasteiger partial charge on any atom is -0.340 e. The maximum absolute atomic E-state index is 12.3. The Balaban J connectivity index is 1.37. The molecule has 134 valence electrons. The van der Waals surface area contributed by atoms with Crippen molar-refractivity contribution in [1.82, 2.24) is 29.5 Å². The second-order valence-corrected chi connectivity index (χ2v) is 6.90. The molecule has 1 aromatic heterocycles. The number of aryl methyl sites for hydroxylation is 1. The van der Waals surface area contributed by atoms with Crippen molar-refractivity contribution in [2.24, 2.45) is 0 Å². The second kappa shape index (κ2) is 8.58. The first-order valence-electron chi connectivity index (χ1n) is 9.33. The summed E-state index contributed by atoms with van der Waals surface area (Å²) in [5, 5.41) is 4.05. The van der Waals surface area contributed by atoms with Crippen molar-refractivity contribution < 1.29 is 4.79 Å². The molecule has 24 heavy (non-hydrogen) atoms. The first-order valence-corrected chi connectivity index (χ1v) is 9.33. The Kier molecular flexibility index (Phi) is 6.20. The Hall–Kier alpha value is -1.47. The van der Waals surface area contributed by atoms with Crippen LogP contribution >= 0.6 is 0 Å². The fraction of sp³-hybridized carbons (Fsp3) is 0.824. The van der Waals surface area contributed by atoms with Gasteiger partial charge < -0.3 is 9.80 Å². The quantitative estimate of drug-likeness (QED) is 0.766. The lowest BCUT2D eigenvalue weighted by molar-refractivity contribution is -0.133. The normalized spacial score (nSPS) is 21.3. The third-order valence-corrected chi connectivity index (χ3v) is 5.30. The first-order chi connectivity index (χ1) is 11.8. The van der Waals surface area contributed by atoms with Crippen LogP contribution in [-0.2, 0) is 11.3 Å². The van der Waals surface area contributed by atoms with Gasteiger partial charge in [0.15, 0.2) is 0 Å². The van der Waals surface area contributed by atoms with Crippen LogP contribution in [0.2, 0.25) is 0 Å². The van der Waals surface area contributed by atoms with Crippen molar-refractivity contribution in [3.05, 3.63) is 12.7 Å². The van der Waals surface area contributed by atoms with Gasteiger partial charge in [0, 0.05) is 38.6 Å². The molecule has 0 aliphatic carbocycles. The molecule has 1 amide bonds. The topological polar surface area (TPSA) is 57.5 Å². The zero-order valence-corrected chi connectivity index (χ0v) is 14.8. The summed E-state index contributed by atoms with van der Waals surface area (Å²) in [5.74, 6) is 0.239. The number of rotatable bonds is 6. The molecule has 1 aromatic rings. The first kappa shape index (κ1) is 17.4. The summed E-state index contributed by atoms with van der Waals surface area (Å²) in [6.07, 6.45) is 7.49. The average Bonchev–Trinajstić information content (AvgIpc) is 3.14. The Labute approximate surface area is 144 Å². The summed E-state index contributed by atoms with van der Waals surface area (Å²) in [4.78, 5) is 23.4. The molecule has 2 aliphatic rings. The predicted octanol–water partition coefficient (Wildman–Crippen LogP) is 0.687. The van der Waals surface area contributed by atoms with E-state index in [0.29, 0.717) is 19.0 Å². The molecule has 7 heteroatoms. The molecule has 0 spiro atoms. The van der Waals surface area contributed by atoms with Crippen molar-refractivity contribution >= 4 is 5.91 Å². The van der Waals surface area contributed by atoms with E-state index in [1.54, 1.807) is 11.0 Å². The van der Waals surface area contributed by atoms with Crippen LogP contribution in [0.5, 0.6) is 0 Å². The third-order valence-electron chi connectivity index (χ3n) is 5.30. The maximum Gasteiger partial charge on any atom is 0.224 e. The lowest BCUT2D eigenvalue weighted by Crippen LogP contribution is -2.54. The molecule has 0 radical (unpaired) electrons. The van der Waals surface area contributed by atoms with Gasteiger partial charge in [-0.3, -0.25) is 14.4 Å². The monoisotopic (exact) mass is 334 g/mol. The largest absolute Gasteiger partial charge is 0.340 e. The third kappa shape index (κ3) is 4.54. The van der Waals surface area contributed by atoms with E-state index in [1.165, 1.54) is 45.2 Å².